The number of aromatic nitrogens is 3. The molecule has 136 valence electrons. The zero-order chi connectivity index (χ0) is 19.2. The number of amides is 1. The molecular weight excluding hydrogens is 346 g/mol. The highest BCUT2D eigenvalue weighted by atomic mass is 16.2. The average molecular weight is 363 g/mol. The molecule has 1 amide bonds. The minimum absolute atomic E-state index is 0.0247. The third kappa shape index (κ3) is 4.34. The fourth-order valence-corrected chi connectivity index (χ4v) is 2.32. The van der Waals surface area contributed by atoms with Crippen LogP contribution in [-0.4, -0.2) is 26.7 Å². The fraction of sp³-hybridized carbons (Fsp3) is 0.0556. The van der Waals surface area contributed by atoms with Crippen molar-refractivity contribution in [1.82, 2.24) is 20.3 Å². The minimum atomic E-state index is -0.404. The number of nitrogen functional groups attached to an aromatic ring is 1. The molecule has 2 aromatic heterocycles. The molecule has 0 aliphatic rings. The zero-order valence-corrected chi connectivity index (χ0v) is 14.2. The van der Waals surface area contributed by atoms with Crippen LogP contribution in [0.25, 0.3) is 0 Å². The van der Waals surface area contributed by atoms with E-state index in [1.54, 1.807) is 36.4 Å². The van der Waals surface area contributed by atoms with E-state index in [-0.39, 0.29) is 28.8 Å². The first kappa shape index (κ1) is 17.8. The Balaban J connectivity index is 1.68. The number of H-pyrrole nitrogens is 1. The van der Waals surface area contributed by atoms with E-state index < -0.39 is 5.56 Å². The summed E-state index contributed by atoms with van der Waals surface area (Å²) >= 11 is 0. The molecule has 3 rings (SSSR count). The summed E-state index contributed by atoms with van der Waals surface area (Å²) in [5.41, 5.74) is 13.1. The molecule has 0 spiro atoms. The van der Waals surface area contributed by atoms with Crippen molar-refractivity contribution in [2.75, 3.05) is 5.73 Å². The van der Waals surface area contributed by atoms with Gasteiger partial charge >= 0.3 is 0 Å². The summed E-state index contributed by atoms with van der Waals surface area (Å²) < 4.78 is 0. The molecule has 6 N–H and O–H groups in total. The molecule has 0 saturated heterocycles. The molecule has 9 nitrogen and oxygen atoms in total. The normalized spacial score (nSPS) is 11.2. The van der Waals surface area contributed by atoms with E-state index in [9.17, 15) is 9.59 Å². The summed E-state index contributed by atoms with van der Waals surface area (Å²) in [7, 11) is 0. The Morgan fingerprint density at radius 1 is 1.15 bits per heavy atom. The van der Waals surface area contributed by atoms with Crippen LogP contribution in [0.5, 0.6) is 0 Å². The Kier molecular flexibility index (Phi) is 5.22. The molecule has 2 heterocycles. The van der Waals surface area contributed by atoms with Gasteiger partial charge in [0.15, 0.2) is 0 Å². The van der Waals surface area contributed by atoms with Gasteiger partial charge in [-0.3, -0.25) is 9.59 Å². The van der Waals surface area contributed by atoms with Crippen LogP contribution in [0.3, 0.4) is 0 Å². The zero-order valence-electron chi connectivity index (χ0n) is 14.2. The number of rotatable bonds is 5. The molecule has 27 heavy (non-hydrogen) atoms. The summed E-state index contributed by atoms with van der Waals surface area (Å²) in [6.45, 7) is 0.307. The molecule has 0 atom stereocenters. The van der Waals surface area contributed by atoms with Crippen molar-refractivity contribution in [2.24, 2.45) is 10.7 Å². The number of aliphatic imine (C=N–C) groups is 1. The summed E-state index contributed by atoms with van der Waals surface area (Å²) in [6, 6.07) is 10.2. The van der Waals surface area contributed by atoms with E-state index in [1.165, 1.54) is 18.6 Å². The summed E-state index contributed by atoms with van der Waals surface area (Å²) in [5, 5.41) is 2.73. The van der Waals surface area contributed by atoms with Gasteiger partial charge in [0.2, 0.25) is 5.82 Å². The molecule has 0 fully saturated rings. The van der Waals surface area contributed by atoms with Crippen LogP contribution in [0.2, 0.25) is 0 Å². The van der Waals surface area contributed by atoms with Gasteiger partial charge < -0.3 is 21.8 Å². The lowest BCUT2D eigenvalue weighted by atomic mass is 10.2. The van der Waals surface area contributed by atoms with E-state index in [1.807, 2.05) is 0 Å². The molecular formula is C18H17N7O2. The van der Waals surface area contributed by atoms with Gasteiger partial charge in [0.05, 0.1) is 5.69 Å². The number of carbonyl (C=O) groups is 1. The van der Waals surface area contributed by atoms with Gasteiger partial charge in [0, 0.05) is 30.8 Å². The second-order valence-corrected chi connectivity index (χ2v) is 5.56. The largest absolute Gasteiger partial charge is 0.398 e. The Bertz CT molecular complexity index is 1030. The molecule has 0 aliphatic heterocycles. The van der Waals surface area contributed by atoms with Gasteiger partial charge in [0.25, 0.3) is 11.5 Å². The van der Waals surface area contributed by atoms with Crippen molar-refractivity contribution in [3.63, 3.8) is 0 Å². The van der Waals surface area contributed by atoms with Crippen molar-refractivity contribution in [3.8, 4) is 0 Å². The van der Waals surface area contributed by atoms with Gasteiger partial charge in [0.1, 0.15) is 11.4 Å². The van der Waals surface area contributed by atoms with Crippen molar-refractivity contribution in [1.29, 1.82) is 0 Å². The van der Waals surface area contributed by atoms with Crippen molar-refractivity contribution >= 4 is 23.1 Å². The number of anilines is 1. The third-order valence-electron chi connectivity index (χ3n) is 3.66. The number of nitrogens with two attached hydrogens (primary N) is 2. The number of hydrogen-bond acceptors (Lipinski definition) is 6. The lowest BCUT2D eigenvalue weighted by Crippen LogP contribution is -2.25. The number of pyridine rings is 1. The summed E-state index contributed by atoms with van der Waals surface area (Å²) in [4.78, 5) is 38.3. The highest BCUT2D eigenvalue weighted by Crippen LogP contribution is 2.15. The highest BCUT2D eigenvalue weighted by Gasteiger charge is 2.09. The number of carbonyl (C=O) groups excluding carboxylic acids is 1. The maximum Gasteiger partial charge on any atom is 0.289 e. The average Bonchev–Trinajstić information content (AvgIpc) is 2.68. The van der Waals surface area contributed by atoms with Crippen LogP contribution in [0, 0.1) is 0 Å². The second kappa shape index (κ2) is 7.91. The van der Waals surface area contributed by atoms with E-state index in [0.29, 0.717) is 12.2 Å². The van der Waals surface area contributed by atoms with Crippen LogP contribution in [0.15, 0.2) is 64.8 Å². The quantitative estimate of drug-likeness (QED) is 0.387. The molecule has 0 unspecified atom stereocenters. The molecule has 9 heteroatoms. The minimum Gasteiger partial charge on any atom is -0.398 e. The fourth-order valence-electron chi connectivity index (χ4n) is 2.32. The van der Waals surface area contributed by atoms with Gasteiger partial charge in [-0.2, -0.15) is 0 Å². The lowest BCUT2D eigenvalue weighted by Gasteiger charge is -2.06. The number of aromatic amines is 1. The maximum absolute atomic E-state index is 11.9. The molecule has 0 bridgehead atoms. The topological polar surface area (TPSA) is 152 Å². The first-order chi connectivity index (χ1) is 13.0. The van der Waals surface area contributed by atoms with Gasteiger partial charge in [-0.15, -0.1) is 0 Å². The third-order valence-corrected chi connectivity index (χ3v) is 3.66. The Labute approximate surface area is 154 Å². The monoisotopic (exact) mass is 363 g/mol. The summed E-state index contributed by atoms with van der Waals surface area (Å²) in [6.07, 6.45) is 4.45. The van der Waals surface area contributed by atoms with E-state index in [0.717, 1.165) is 5.56 Å². The summed E-state index contributed by atoms with van der Waals surface area (Å²) in [5.74, 6) is -0.227. The molecule has 0 aliphatic carbocycles. The first-order valence-electron chi connectivity index (χ1n) is 8.00. The van der Waals surface area contributed by atoms with E-state index >= 15 is 0 Å². The number of amidine groups is 1. The number of hydrogen-bond donors (Lipinski definition) is 4. The smallest absolute Gasteiger partial charge is 0.289 e. The highest BCUT2D eigenvalue weighted by molar-refractivity contribution is 6.02. The van der Waals surface area contributed by atoms with Crippen LogP contribution in [0.4, 0.5) is 11.4 Å². The maximum atomic E-state index is 11.9. The molecule has 0 saturated carbocycles. The Morgan fingerprint density at radius 3 is 2.52 bits per heavy atom. The predicted octanol–water partition coefficient (Wildman–Crippen LogP) is 0.714. The van der Waals surface area contributed by atoms with Crippen molar-refractivity contribution in [3.05, 3.63) is 82.3 Å². The lowest BCUT2D eigenvalue weighted by molar-refractivity contribution is 0.0940. The predicted molar refractivity (Wildman–Crippen MR) is 102 cm³/mol. The van der Waals surface area contributed by atoms with Gasteiger partial charge in [-0.1, -0.05) is 12.1 Å². The van der Waals surface area contributed by atoms with Crippen LogP contribution < -0.4 is 22.3 Å². The van der Waals surface area contributed by atoms with Crippen molar-refractivity contribution in [2.45, 2.75) is 6.54 Å². The van der Waals surface area contributed by atoms with Gasteiger partial charge in [-0.05, 0) is 29.8 Å². The van der Waals surface area contributed by atoms with Crippen LogP contribution in [0.1, 0.15) is 21.7 Å². The van der Waals surface area contributed by atoms with Crippen LogP contribution in [-0.2, 0) is 6.54 Å². The van der Waals surface area contributed by atoms with Crippen molar-refractivity contribution < 1.29 is 4.79 Å². The standard InChI is InChI=1S/C18H17N7O2/c19-13-6-9-23-17(26)14(13)15(20)25-12-4-2-11(3-5-12)10-24-18(27)16-21-7-1-8-22-16/h1-9H,10H2,(H2,20,25)(H,24,27)(H3,19,23,26). The van der Waals surface area contributed by atoms with Crippen LogP contribution >= 0.6 is 0 Å². The Morgan fingerprint density at radius 2 is 1.85 bits per heavy atom. The number of nitrogens with one attached hydrogen (secondary N) is 2. The van der Waals surface area contributed by atoms with E-state index in [2.05, 4.69) is 25.3 Å². The molecule has 0 radical (unpaired) electrons. The second-order valence-electron chi connectivity index (χ2n) is 5.56. The first-order valence-corrected chi connectivity index (χ1v) is 8.00. The van der Waals surface area contributed by atoms with E-state index in [4.69, 9.17) is 11.5 Å². The van der Waals surface area contributed by atoms with Gasteiger partial charge in [-0.25, -0.2) is 15.0 Å². The Hall–Kier alpha value is -4.01. The number of nitrogens with zero attached hydrogens (tertiary/aromatic N) is 3. The molecule has 1 aromatic carbocycles. The molecule has 3 aromatic rings. The SMILES string of the molecule is NC(=Nc1ccc(CNC(=O)c2ncccn2)cc1)c1c(N)cc[nH]c1=O. The number of benzene rings is 1.